The van der Waals surface area contributed by atoms with Gasteiger partial charge in [0.25, 0.3) is 5.91 Å². The number of rotatable bonds is 14. The Morgan fingerprint density at radius 2 is 1.42 bits per heavy atom. The van der Waals surface area contributed by atoms with Crippen LogP contribution in [-0.4, -0.2) is 76.3 Å². The molecule has 3 atom stereocenters. The summed E-state index contributed by atoms with van der Waals surface area (Å²) in [7, 11) is 1.63. The van der Waals surface area contributed by atoms with Crippen LogP contribution < -0.4 is 21.7 Å². The summed E-state index contributed by atoms with van der Waals surface area (Å²) in [5, 5.41) is 17.7. The summed E-state index contributed by atoms with van der Waals surface area (Å²) in [5.41, 5.74) is 7.85. The number of aromatic nitrogens is 1. The predicted molar refractivity (Wildman–Crippen MR) is 167 cm³/mol. The van der Waals surface area contributed by atoms with Gasteiger partial charge in [0.2, 0.25) is 23.6 Å². The molecular weight excluding hydrogens is 576 g/mol. The molecule has 234 valence electrons. The first-order valence-electron chi connectivity index (χ1n) is 14.4. The Bertz CT molecular complexity index is 1640. The Balaban J connectivity index is 1.59. The Kier molecular flexibility index (Phi) is 11.0. The van der Waals surface area contributed by atoms with Gasteiger partial charge in [-0.3, -0.25) is 24.0 Å². The lowest BCUT2D eigenvalue weighted by atomic mass is 10.0. The third-order valence-electron chi connectivity index (χ3n) is 7.24. The van der Waals surface area contributed by atoms with Crippen LogP contribution in [0.4, 0.5) is 0 Å². The summed E-state index contributed by atoms with van der Waals surface area (Å²) in [5.74, 6) is -3.60. The number of aliphatic hydroxyl groups is 1. The molecule has 0 fully saturated rings. The second kappa shape index (κ2) is 15.3. The molecule has 0 aliphatic rings. The average Bonchev–Trinajstić information content (AvgIpc) is 3.48. The standard InChI is InChI=1S/C33H36N6O6/c1-39(19-22-12-6-3-7-13-22)33(45)27(16-21-10-4-2-5-11-21)38-32(44)26(17-29(41)36-28(20-40)30(34)42)37-31(43)24-18-35-25-15-9-8-14-23(24)25/h2-15,18,26-28,35,40H,16-17,19-20H2,1H3,(H2,34,42)(H,36,41)(H,37,43)(H,38,44)/t26?,27-,28?/m1/s1. The number of H-pyrrole nitrogens is 1. The van der Waals surface area contributed by atoms with Crippen LogP contribution in [0.1, 0.15) is 27.9 Å². The molecule has 4 rings (SSSR count). The molecule has 2 unspecified atom stereocenters. The van der Waals surface area contributed by atoms with Crippen molar-refractivity contribution in [3.63, 3.8) is 0 Å². The second-order valence-corrected chi connectivity index (χ2v) is 10.6. The SMILES string of the molecule is CN(Cc1ccccc1)C(=O)[C@@H](Cc1ccccc1)NC(=O)C(CC(=O)NC(CO)C(N)=O)NC(=O)c1c[nH]c2ccccc12. The Labute approximate surface area is 260 Å². The molecule has 12 heteroatoms. The fourth-order valence-corrected chi connectivity index (χ4v) is 4.87. The van der Waals surface area contributed by atoms with E-state index in [1.165, 1.54) is 11.1 Å². The van der Waals surface area contributed by atoms with Crippen LogP contribution >= 0.6 is 0 Å². The van der Waals surface area contributed by atoms with Gasteiger partial charge in [0.15, 0.2) is 0 Å². The molecular formula is C33H36N6O6. The zero-order valence-electron chi connectivity index (χ0n) is 24.7. The van der Waals surface area contributed by atoms with Crippen LogP contribution in [0.3, 0.4) is 0 Å². The van der Waals surface area contributed by atoms with E-state index in [0.717, 1.165) is 11.1 Å². The number of carbonyl (C=O) groups is 5. The molecule has 1 aromatic heterocycles. The topological polar surface area (TPSA) is 187 Å². The molecule has 4 aromatic rings. The van der Waals surface area contributed by atoms with Crippen LogP contribution in [0, 0.1) is 0 Å². The molecule has 7 N–H and O–H groups in total. The number of nitrogens with two attached hydrogens (primary N) is 1. The number of fused-ring (bicyclic) bond motifs is 1. The van der Waals surface area contributed by atoms with Gasteiger partial charge in [-0.2, -0.15) is 0 Å². The number of aromatic amines is 1. The lowest BCUT2D eigenvalue weighted by Gasteiger charge is -2.27. The summed E-state index contributed by atoms with van der Waals surface area (Å²) in [6.45, 7) is -0.458. The fourth-order valence-electron chi connectivity index (χ4n) is 4.87. The van der Waals surface area contributed by atoms with Crippen molar-refractivity contribution >= 4 is 40.4 Å². The highest BCUT2D eigenvalue weighted by molar-refractivity contribution is 6.08. The monoisotopic (exact) mass is 612 g/mol. The van der Waals surface area contributed by atoms with Gasteiger partial charge < -0.3 is 36.7 Å². The number of para-hydroxylation sites is 1. The maximum Gasteiger partial charge on any atom is 0.254 e. The minimum atomic E-state index is -1.45. The van der Waals surface area contributed by atoms with Crippen LogP contribution in [0.2, 0.25) is 0 Å². The van der Waals surface area contributed by atoms with Crippen LogP contribution in [-0.2, 0) is 32.1 Å². The number of hydrogen-bond donors (Lipinski definition) is 6. The van der Waals surface area contributed by atoms with E-state index in [2.05, 4.69) is 20.9 Å². The lowest BCUT2D eigenvalue weighted by molar-refractivity contribution is -0.136. The summed E-state index contributed by atoms with van der Waals surface area (Å²) in [6, 6.07) is 21.7. The highest BCUT2D eigenvalue weighted by Crippen LogP contribution is 2.18. The Hall–Kier alpha value is -5.49. The number of benzene rings is 3. The highest BCUT2D eigenvalue weighted by Gasteiger charge is 2.31. The number of likely N-dealkylation sites (N-methyl/N-ethyl adjacent to an activating group) is 1. The van der Waals surface area contributed by atoms with Crippen molar-refractivity contribution in [2.75, 3.05) is 13.7 Å². The van der Waals surface area contributed by atoms with E-state index < -0.39 is 54.8 Å². The van der Waals surface area contributed by atoms with E-state index in [-0.39, 0.29) is 17.9 Å². The molecule has 0 radical (unpaired) electrons. The first kappa shape index (κ1) is 32.4. The Morgan fingerprint density at radius 3 is 2.07 bits per heavy atom. The third-order valence-corrected chi connectivity index (χ3v) is 7.24. The maximum absolute atomic E-state index is 13.8. The van der Waals surface area contributed by atoms with Gasteiger partial charge in [-0.15, -0.1) is 0 Å². The molecule has 0 spiro atoms. The van der Waals surface area contributed by atoms with Crippen molar-refractivity contribution in [1.29, 1.82) is 0 Å². The molecule has 0 aliphatic carbocycles. The second-order valence-electron chi connectivity index (χ2n) is 10.6. The zero-order valence-corrected chi connectivity index (χ0v) is 24.7. The van der Waals surface area contributed by atoms with Crippen molar-refractivity contribution in [1.82, 2.24) is 25.8 Å². The number of amides is 5. The quantitative estimate of drug-likeness (QED) is 0.123. The van der Waals surface area contributed by atoms with Crippen LogP contribution in [0.5, 0.6) is 0 Å². The lowest BCUT2D eigenvalue weighted by Crippen LogP contribution is -2.56. The summed E-state index contributed by atoms with van der Waals surface area (Å²) < 4.78 is 0. The first-order valence-corrected chi connectivity index (χ1v) is 14.4. The molecule has 5 amide bonds. The molecule has 0 saturated carbocycles. The molecule has 12 nitrogen and oxygen atoms in total. The number of nitrogens with zero attached hydrogens (tertiary/aromatic N) is 1. The summed E-state index contributed by atoms with van der Waals surface area (Å²) >= 11 is 0. The van der Waals surface area contributed by atoms with Gasteiger partial charge in [-0.05, 0) is 17.2 Å². The van der Waals surface area contributed by atoms with E-state index in [0.29, 0.717) is 17.4 Å². The molecule has 3 aromatic carbocycles. The fraction of sp³-hybridized carbons (Fsp3) is 0.242. The van der Waals surface area contributed by atoms with Gasteiger partial charge >= 0.3 is 0 Å². The van der Waals surface area contributed by atoms with E-state index >= 15 is 0 Å². The first-order chi connectivity index (χ1) is 21.7. The van der Waals surface area contributed by atoms with Crippen LogP contribution in [0.25, 0.3) is 10.9 Å². The van der Waals surface area contributed by atoms with E-state index in [1.54, 1.807) is 31.3 Å². The highest BCUT2D eigenvalue weighted by atomic mass is 16.3. The van der Waals surface area contributed by atoms with E-state index in [1.807, 2.05) is 60.7 Å². The van der Waals surface area contributed by atoms with Crippen LogP contribution in [0.15, 0.2) is 91.1 Å². The Morgan fingerprint density at radius 1 is 0.800 bits per heavy atom. The minimum absolute atomic E-state index is 0.147. The number of primary amides is 1. The van der Waals surface area contributed by atoms with Gasteiger partial charge in [0.1, 0.15) is 18.1 Å². The molecule has 0 saturated heterocycles. The van der Waals surface area contributed by atoms with E-state index in [9.17, 15) is 29.1 Å². The molecule has 1 heterocycles. The summed E-state index contributed by atoms with van der Waals surface area (Å²) in [4.78, 5) is 69.9. The molecule has 0 bridgehead atoms. The zero-order chi connectivity index (χ0) is 32.3. The number of aliphatic hydroxyl groups excluding tert-OH is 1. The van der Waals surface area contributed by atoms with Gasteiger partial charge in [0.05, 0.1) is 18.6 Å². The number of carbonyl (C=O) groups excluding carboxylic acids is 5. The number of hydrogen-bond acceptors (Lipinski definition) is 6. The van der Waals surface area contributed by atoms with Gasteiger partial charge in [0, 0.05) is 37.1 Å². The predicted octanol–water partition coefficient (Wildman–Crippen LogP) is 1.00. The van der Waals surface area contributed by atoms with Crippen molar-refractivity contribution in [2.24, 2.45) is 5.73 Å². The van der Waals surface area contributed by atoms with Gasteiger partial charge in [-0.1, -0.05) is 78.9 Å². The largest absolute Gasteiger partial charge is 0.394 e. The van der Waals surface area contributed by atoms with Crippen molar-refractivity contribution in [2.45, 2.75) is 37.5 Å². The molecule has 0 aliphatic heterocycles. The van der Waals surface area contributed by atoms with E-state index in [4.69, 9.17) is 5.73 Å². The van der Waals surface area contributed by atoms with Gasteiger partial charge in [-0.25, -0.2) is 0 Å². The smallest absolute Gasteiger partial charge is 0.254 e. The number of nitrogens with one attached hydrogen (secondary N) is 4. The van der Waals surface area contributed by atoms with Crippen molar-refractivity contribution in [3.8, 4) is 0 Å². The van der Waals surface area contributed by atoms with Crippen molar-refractivity contribution < 1.29 is 29.1 Å². The van der Waals surface area contributed by atoms with Crippen molar-refractivity contribution in [3.05, 3.63) is 108 Å². The summed E-state index contributed by atoms with van der Waals surface area (Å²) in [6.07, 6.45) is 1.04. The maximum atomic E-state index is 13.8. The third kappa shape index (κ3) is 8.77. The average molecular weight is 613 g/mol. The minimum Gasteiger partial charge on any atom is -0.394 e. The molecule has 45 heavy (non-hydrogen) atoms. The normalized spacial score (nSPS) is 12.8.